The first-order valence-electron chi connectivity index (χ1n) is 5.52. The summed E-state index contributed by atoms with van der Waals surface area (Å²) in [6.07, 6.45) is -1.09. The van der Waals surface area contributed by atoms with Crippen LogP contribution in [0.15, 0.2) is 54.6 Å². The Morgan fingerprint density at radius 2 is 1.59 bits per heavy atom. The molecule has 0 aliphatic heterocycles. The first kappa shape index (κ1) is 11.6. The van der Waals surface area contributed by atoms with E-state index < -0.39 is 6.10 Å². The van der Waals surface area contributed by atoms with Crippen molar-refractivity contribution in [1.82, 2.24) is 0 Å². The molecule has 1 unspecified atom stereocenters. The van der Waals surface area contributed by atoms with Gasteiger partial charge < -0.3 is 5.11 Å². The Morgan fingerprint density at radius 3 is 2.18 bits per heavy atom. The van der Waals surface area contributed by atoms with Crippen molar-refractivity contribution in [3.05, 3.63) is 71.3 Å². The van der Waals surface area contributed by atoms with Crippen molar-refractivity contribution in [2.24, 2.45) is 0 Å². The van der Waals surface area contributed by atoms with Gasteiger partial charge in [0.15, 0.2) is 5.78 Å². The maximum atomic E-state index is 12.0. The SMILES string of the molecule is Cc1ccc(C(O)C(=O)c2ccccc2)cc1. The third-order valence-corrected chi connectivity index (χ3v) is 2.70. The summed E-state index contributed by atoms with van der Waals surface area (Å²) in [7, 11) is 0. The fourth-order valence-corrected chi connectivity index (χ4v) is 1.66. The number of Topliss-reactive ketones (excluding diaryl/α,β-unsaturated/α-hetero) is 1. The molecule has 1 N–H and O–H groups in total. The molecule has 0 bridgehead atoms. The highest BCUT2D eigenvalue weighted by atomic mass is 16.3. The van der Waals surface area contributed by atoms with Crippen molar-refractivity contribution < 1.29 is 9.90 Å². The number of aliphatic hydroxyl groups is 1. The monoisotopic (exact) mass is 226 g/mol. The minimum absolute atomic E-state index is 0.269. The standard InChI is InChI=1S/C15H14O2/c1-11-7-9-13(10-8-11)15(17)14(16)12-5-3-2-4-6-12/h2-10,15,17H,1H3. The molecular formula is C15H14O2. The molecule has 17 heavy (non-hydrogen) atoms. The molecule has 0 heterocycles. The van der Waals surface area contributed by atoms with Crippen molar-refractivity contribution in [3.63, 3.8) is 0 Å². The zero-order valence-corrected chi connectivity index (χ0v) is 9.63. The van der Waals surface area contributed by atoms with E-state index in [1.807, 2.05) is 25.1 Å². The molecule has 2 rings (SSSR count). The Hall–Kier alpha value is -1.93. The van der Waals surface area contributed by atoms with E-state index in [1.165, 1.54) is 0 Å². The molecular weight excluding hydrogens is 212 g/mol. The summed E-state index contributed by atoms with van der Waals surface area (Å²) in [5, 5.41) is 9.98. The third kappa shape index (κ3) is 2.60. The molecule has 0 aliphatic carbocycles. The molecule has 0 aromatic heterocycles. The van der Waals surface area contributed by atoms with Crippen LogP contribution in [0, 0.1) is 6.92 Å². The molecule has 2 aromatic carbocycles. The van der Waals surface area contributed by atoms with Gasteiger partial charge in [-0.05, 0) is 12.5 Å². The van der Waals surface area contributed by atoms with Crippen LogP contribution < -0.4 is 0 Å². The van der Waals surface area contributed by atoms with Crippen molar-refractivity contribution in [1.29, 1.82) is 0 Å². The zero-order chi connectivity index (χ0) is 12.3. The van der Waals surface area contributed by atoms with E-state index in [2.05, 4.69) is 0 Å². The normalized spacial score (nSPS) is 12.1. The second-order valence-electron chi connectivity index (χ2n) is 4.04. The lowest BCUT2D eigenvalue weighted by Crippen LogP contribution is -2.12. The third-order valence-electron chi connectivity index (χ3n) is 2.70. The summed E-state index contributed by atoms with van der Waals surface area (Å²) in [4.78, 5) is 12.0. The zero-order valence-electron chi connectivity index (χ0n) is 9.63. The number of hydrogen-bond donors (Lipinski definition) is 1. The second-order valence-corrected chi connectivity index (χ2v) is 4.04. The van der Waals surface area contributed by atoms with Gasteiger partial charge in [-0.15, -0.1) is 0 Å². The Balaban J connectivity index is 2.23. The largest absolute Gasteiger partial charge is 0.380 e. The van der Waals surface area contributed by atoms with Crippen molar-refractivity contribution in [2.75, 3.05) is 0 Å². The van der Waals surface area contributed by atoms with Crippen LogP contribution in [0.2, 0.25) is 0 Å². The van der Waals surface area contributed by atoms with Gasteiger partial charge in [-0.1, -0.05) is 60.2 Å². The van der Waals surface area contributed by atoms with E-state index in [-0.39, 0.29) is 5.78 Å². The maximum absolute atomic E-state index is 12.0. The minimum atomic E-state index is -1.09. The Labute approximate surface area is 101 Å². The summed E-state index contributed by atoms with van der Waals surface area (Å²) in [6.45, 7) is 1.97. The number of aryl methyl sites for hydroxylation is 1. The highest BCUT2D eigenvalue weighted by molar-refractivity contribution is 5.99. The molecule has 0 amide bonds. The molecule has 2 aromatic rings. The van der Waals surface area contributed by atoms with Crippen LogP contribution in [0.5, 0.6) is 0 Å². The van der Waals surface area contributed by atoms with Crippen molar-refractivity contribution in [3.8, 4) is 0 Å². The van der Waals surface area contributed by atoms with Crippen LogP contribution in [0.4, 0.5) is 0 Å². The molecule has 2 nitrogen and oxygen atoms in total. The number of carbonyl (C=O) groups is 1. The first-order valence-corrected chi connectivity index (χ1v) is 5.52. The van der Waals surface area contributed by atoms with Crippen LogP contribution in [0.3, 0.4) is 0 Å². The lowest BCUT2D eigenvalue weighted by atomic mass is 9.99. The molecule has 0 aliphatic rings. The van der Waals surface area contributed by atoms with Gasteiger partial charge in [0.2, 0.25) is 0 Å². The van der Waals surface area contributed by atoms with Crippen LogP contribution in [-0.2, 0) is 0 Å². The van der Waals surface area contributed by atoms with Gasteiger partial charge in [0, 0.05) is 5.56 Å². The minimum Gasteiger partial charge on any atom is -0.380 e. The number of benzene rings is 2. The number of aliphatic hydroxyl groups excluding tert-OH is 1. The van der Waals surface area contributed by atoms with Gasteiger partial charge >= 0.3 is 0 Å². The van der Waals surface area contributed by atoms with Crippen LogP contribution in [-0.4, -0.2) is 10.9 Å². The molecule has 2 heteroatoms. The van der Waals surface area contributed by atoms with Crippen molar-refractivity contribution >= 4 is 5.78 Å². The lowest BCUT2D eigenvalue weighted by Gasteiger charge is -2.10. The molecule has 0 fully saturated rings. The molecule has 0 radical (unpaired) electrons. The van der Waals surface area contributed by atoms with E-state index >= 15 is 0 Å². The number of carbonyl (C=O) groups excluding carboxylic acids is 1. The molecule has 86 valence electrons. The number of hydrogen-bond acceptors (Lipinski definition) is 2. The van der Waals surface area contributed by atoms with Gasteiger partial charge in [-0.3, -0.25) is 4.79 Å². The Morgan fingerprint density at radius 1 is 1.00 bits per heavy atom. The first-order chi connectivity index (χ1) is 8.18. The Bertz CT molecular complexity index is 500. The highest BCUT2D eigenvalue weighted by Crippen LogP contribution is 2.18. The van der Waals surface area contributed by atoms with Gasteiger partial charge in [-0.25, -0.2) is 0 Å². The maximum Gasteiger partial charge on any atom is 0.195 e. The highest BCUT2D eigenvalue weighted by Gasteiger charge is 2.18. The average molecular weight is 226 g/mol. The predicted octanol–water partition coefficient (Wildman–Crippen LogP) is 2.91. The van der Waals surface area contributed by atoms with Crippen LogP contribution >= 0.6 is 0 Å². The van der Waals surface area contributed by atoms with Crippen LogP contribution in [0.1, 0.15) is 27.6 Å². The van der Waals surface area contributed by atoms with E-state index in [1.54, 1.807) is 36.4 Å². The smallest absolute Gasteiger partial charge is 0.195 e. The number of rotatable bonds is 3. The average Bonchev–Trinajstić information content (AvgIpc) is 2.39. The van der Waals surface area contributed by atoms with E-state index in [4.69, 9.17) is 0 Å². The quantitative estimate of drug-likeness (QED) is 0.817. The van der Waals surface area contributed by atoms with Gasteiger partial charge in [0.05, 0.1) is 0 Å². The van der Waals surface area contributed by atoms with Crippen LogP contribution in [0.25, 0.3) is 0 Å². The second kappa shape index (κ2) is 4.93. The molecule has 0 saturated carbocycles. The Kier molecular flexibility index (Phi) is 3.35. The molecule has 0 saturated heterocycles. The lowest BCUT2D eigenvalue weighted by molar-refractivity contribution is 0.0747. The molecule has 1 atom stereocenters. The predicted molar refractivity (Wildman–Crippen MR) is 66.9 cm³/mol. The van der Waals surface area contributed by atoms with Gasteiger partial charge in [-0.2, -0.15) is 0 Å². The summed E-state index contributed by atoms with van der Waals surface area (Å²) < 4.78 is 0. The summed E-state index contributed by atoms with van der Waals surface area (Å²) >= 11 is 0. The van der Waals surface area contributed by atoms with Gasteiger partial charge in [0.25, 0.3) is 0 Å². The fourth-order valence-electron chi connectivity index (χ4n) is 1.66. The van der Waals surface area contributed by atoms with E-state index in [0.717, 1.165) is 5.56 Å². The summed E-state index contributed by atoms with van der Waals surface area (Å²) in [6, 6.07) is 16.2. The topological polar surface area (TPSA) is 37.3 Å². The molecule has 0 spiro atoms. The van der Waals surface area contributed by atoms with E-state index in [0.29, 0.717) is 11.1 Å². The number of ketones is 1. The van der Waals surface area contributed by atoms with Gasteiger partial charge in [0.1, 0.15) is 6.10 Å². The van der Waals surface area contributed by atoms with E-state index in [9.17, 15) is 9.90 Å². The van der Waals surface area contributed by atoms with Crippen molar-refractivity contribution in [2.45, 2.75) is 13.0 Å². The summed E-state index contributed by atoms with van der Waals surface area (Å²) in [5.41, 5.74) is 2.26. The fraction of sp³-hybridized carbons (Fsp3) is 0.133. The summed E-state index contributed by atoms with van der Waals surface area (Å²) in [5.74, 6) is -0.269.